The summed E-state index contributed by atoms with van der Waals surface area (Å²) in [6.45, 7) is 5.40. The first-order valence-electron chi connectivity index (χ1n) is 9.61. The van der Waals surface area contributed by atoms with E-state index in [0.717, 1.165) is 49.4 Å². The summed E-state index contributed by atoms with van der Waals surface area (Å²) in [7, 11) is 0. The monoisotopic (exact) mass is 352 g/mol. The molecule has 1 aliphatic rings. The van der Waals surface area contributed by atoms with Gasteiger partial charge in [-0.05, 0) is 37.3 Å². The average molecular weight is 352 g/mol. The van der Waals surface area contributed by atoms with Gasteiger partial charge in [-0.3, -0.25) is 4.79 Å². The predicted octanol–water partition coefficient (Wildman–Crippen LogP) is 3.39. The fraction of sp³-hybridized carbons (Fsp3) is 0.476. The number of unbranched alkanes of at least 4 members (excludes halogenated alkanes) is 1. The van der Waals surface area contributed by atoms with Crippen LogP contribution < -0.4 is 10.6 Å². The van der Waals surface area contributed by atoms with Gasteiger partial charge in [0.2, 0.25) is 5.91 Å². The number of anilines is 1. The molecule has 1 aliphatic carbocycles. The van der Waals surface area contributed by atoms with E-state index in [1.807, 2.05) is 25.1 Å². The molecule has 0 bridgehead atoms. The molecule has 1 aromatic carbocycles. The van der Waals surface area contributed by atoms with Crippen molar-refractivity contribution in [3.63, 3.8) is 0 Å². The van der Waals surface area contributed by atoms with Gasteiger partial charge in [0, 0.05) is 31.3 Å². The van der Waals surface area contributed by atoms with Crippen molar-refractivity contribution >= 4 is 11.7 Å². The highest BCUT2D eigenvalue weighted by Gasteiger charge is 2.27. The zero-order chi connectivity index (χ0) is 18.4. The van der Waals surface area contributed by atoms with Crippen molar-refractivity contribution in [2.75, 3.05) is 18.4 Å². The first kappa shape index (κ1) is 18.4. The summed E-state index contributed by atoms with van der Waals surface area (Å²) >= 11 is 0. The average Bonchev–Trinajstić information content (AvgIpc) is 3.07. The number of aryl methyl sites for hydroxylation is 3. The van der Waals surface area contributed by atoms with Crippen molar-refractivity contribution in [3.8, 4) is 0 Å². The number of amides is 1. The Balaban J connectivity index is 1.47. The standard InChI is InChI=1S/C21H28N4O/c1-3-4-9-19-24-15(2)14-20(25-19)22-12-13-23-21(26)18-11-10-16-7-5-6-8-17(16)18/h5-8,14,18H,3-4,9-13H2,1-2H3,(H,23,26)(H,22,24,25)/t18-/m0/s1. The van der Waals surface area contributed by atoms with Crippen LogP contribution in [0.1, 0.15) is 54.7 Å². The highest BCUT2D eigenvalue weighted by Crippen LogP contribution is 2.32. The minimum Gasteiger partial charge on any atom is -0.368 e. The zero-order valence-corrected chi connectivity index (χ0v) is 15.7. The van der Waals surface area contributed by atoms with Gasteiger partial charge in [0.15, 0.2) is 0 Å². The van der Waals surface area contributed by atoms with Gasteiger partial charge in [0.05, 0.1) is 5.92 Å². The van der Waals surface area contributed by atoms with Crippen LogP contribution in [-0.2, 0) is 17.6 Å². The Labute approximate surface area is 155 Å². The maximum atomic E-state index is 12.5. The van der Waals surface area contributed by atoms with Crippen molar-refractivity contribution in [1.29, 1.82) is 0 Å². The van der Waals surface area contributed by atoms with Gasteiger partial charge >= 0.3 is 0 Å². The second-order valence-corrected chi connectivity index (χ2v) is 6.92. The molecule has 138 valence electrons. The molecule has 1 heterocycles. The lowest BCUT2D eigenvalue weighted by atomic mass is 10.0. The molecule has 0 saturated heterocycles. The first-order valence-corrected chi connectivity index (χ1v) is 9.61. The van der Waals surface area contributed by atoms with Crippen molar-refractivity contribution in [1.82, 2.24) is 15.3 Å². The Morgan fingerprint density at radius 3 is 2.92 bits per heavy atom. The predicted molar refractivity (Wildman–Crippen MR) is 104 cm³/mol. The number of rotatable bonds is 8. The third-order valence-electron chi connectivity index (χ3n) is 4.83. The molecule has 0 fully saturated rings. The summed E-state index contributed by atoms with van der Waals surface area (Å²) in [5.41, 5.74) is 3.46. The topological polar surface area (TPSA) is 66.9 Å². The highest BCUT2D eigenvalue weighted by molar-refractivity contribution is 5.84. The number of carbonyl (C=O) groups excluding carboxylic acids is 1. The molecule has 0 spiro atoms. The number of nitrogens with one attached hydrogen (secondary N) is 2. The van der Waals surface area contributed by atoms with Gasteiger partial charge in [-0.15, -0.1) is 0 Å². The van der Waals surface area contributed by atoms with E-state index in [1.165, 1.54) is 11.1 Å². The van der Waals surface area contributed by atoms with Crippen LogP contribution in [0.15, 0.2) is 30.3 Å². The van der Waals surface area contributed by atoms with Crippen LogP contribution in [0, 0.1) is 6.92 Å². The molecule has 0 radical (unpaired) electrons. The molecule has 0 aliphatic heterocycles. The quantitative estimate of drug-likeness (QED) is 0.715. The Kier molecular flexibility index (Phi) is 6.21. The van der Waals surface area contributed by atoms with Crippen molar-refractivity contribution in [2.45, 2.75) is 51.9 Å². The molecule has 5 heteroatoms. The van der Waals surface area contributed by atoms with Crippen molar-refractivity contribution < 1.29 is 4.79 Å². The van der Waals surface area contributed by atoms with Crippen LogP contribution in [0.5, 0.6) is 0 Å². The third-order valence-corrected chi connectivity index (χ3v) is 4.83. The summed E-state index contributed by atoms with van der Waals surface area (Å²) in [5, 5.41) is 6.36. The molecule has 0 unspecified atom stereocenters. The van der Waals surface area contributed by atoms with Gasteiger partial charge in [0.25, 0.3) is 0 Å². The van der Waals surface area contributed by atoms with Crippen LogP contribution in [0.25, 0.3) is 0 Å². The van der Waals surface area contributed by atoms with Gasteiger partial charge in [-0.1, -0.05) is 37.6 Å². The van der Waals surface area contributed by atoms with Crippen LogP contribution in [0.4, 0.5) is 5.82 Å². The van der Waals surface area contributed by atoms with Crippen LogP contribution in [-0.4, -0.2) is 29.0 Å². The lowest BCUT2D eigenvalue weighted by Gasteiger charge is -2.13. The molecule has 1 atom stereocenters. The first-order chi connectivity index (χ1) is 12.7. The SMILES string of the molecule is CCCCc1nc(C)cc(NCCNC(=O)[C@H]2CCc3ccccc32)n1. The molecular formula is C21H28N4O. The van der Waals surface area contributed by atoms with Gasteiger partial charge in [-0.2, -0.15) is 0 Å². The number of nitrogens with zero attached hydrogens (tertiary/aromatic N) is 2. The minimum absolute atomic E-state index is 0.00635. The molecule has 2 N–H and O–H groups in total. The van der Waals surface area contributed by atoms with E-state index in [9.17, 15) is 4.79 Å². The fourth-order valence-corrected chi connectivity index (χ4v) is 3.50. The Morgan fingerprint density at radius 2 is 2.08 bits per heavy atom. The summed E-state index contributed by atoms with van der Waals surface area (Å²) in [5.74, 6) is 1.84. The summed E-state index contributed by atoms with van der Waals surface area (Å²) in [6.07, 6.45) is 5.04. The van der Waals surface area contributed by atoms with E-state index >= 15 is 0 Å². The molecule has 5 nitrogen and oxygen atoms in total. The second-order valence-electron chi connectivity index (χ2n) is 6.92. The van der Waals surface area contributed by atoms with E-state index in [-0.39, 0.29) is 11.8 Å². The highest BCUT2D eigenvalue weighted by atomic mass is 16.1. The lowest BCUT2D eigenvalue weighted by Crippen LogP contribution is -2.32. The molecular weight excluding hydrogens is 324 g/mol. The van der Waals surface area contributed by atoms with Gasteiger partial charge < -0.3 is 10.6 Å². The maximum Gasteiger partial charge on any atom is 0.227 e. The number of benzene rings is 1. The number of hydrogen-bond acceptors (Lipinski definition) is 4. The molecule has 26 heavy (non-hydrogen) atoms. The summed E-state index contributed by atoms with van der Waals surface area (Å²) in [6, 6.07) is 10.2. The van der Waals surface area contributed by atoms with E-state index in [1.54, 1.807) is 0 Å². The minimum atomic E-state index is -0.00635. The normalized spacial score (nSPS) is 15.5. The zero-order valence-electron chi connectivity index (χ0n) is 15.7. The fourth-order valence-electron chi connectivity index (χ4n) is 3.50. The Bertz CT molecular complexity index is 759. The van der Waals surface area contributed by atoms with Crippen LogP contribution in [0.3, 0.4) is 0 Å². The smallest absolute Gasteiger partial charge is 0.227 e. The Morgan fingerprint density at radius 1 is 1.23 bits per heavy atom. The van der Waals surface area contributed by atoms with Crippen LogP contribution in [0.2, 0.25) is 0 Å². The molecule has 3 rings (SSSR count). The van der Waals surface area contributed by atoms with Gasteiger partial charge in [0.1, 0.15) is 11.6 Å². The number of aromatic nitrogens is 2. The summed E-state index contributed by atoms with van der Waals surface area (Å²) < 4.78 is 0. The number of hydrogen-bond donors (Lipinski definition) is 2. The van der Waals surface area contributed by atoms with Crippen LogP contribution >= 0.6 is 0 Å². The largest absolute Gasteiger partial charge is 0.368 e. The lowest BCUT2D eigenvalue weighted by molar-refractivity contribution is -0.122. The van der Waals surface area contributed by atoms with Crippen molar-refractivity contribution in [3.05, 3.63) is 53.0 Å². The summed E-state index contributed by atoms with van der Waals surface area (Å²) in [4.78, 5) is 21.5. The van der Waals surface area contributed by atoms with E-state index in [4.69, 9.17) is 0 Å². The molecule has 2 aromatic rings. The molecule has 1 amide bonds. The molecule has 0 saturated carbocycles. The van der Waals surface area contributed by atoms with E-state index < -0.39 is 0 Å². The Hall–Kier alpha value is -2.43. The third kappa shape index (κ3) is 4.59. The second kappa shape index (κ2) is 8.79. The number of fused-ring (bicyclic) bond motifs is 1. The van der Waals surface area contributed by atoms with E-state index in [0.29, 0.717) is 13.1 Å². The maximum absolute atomic E-state index is 12.5. The number of carbonyl (C=O) groups is 1. The van der Waals surface area contributed by atoms with Crippen molar-refractivity contribution in [2.24, 2.45) is 0 Å². The molecule has 1 aromatic heterocycles. The van der Waals surface area contributed by atoms with Gasteiger partial charge in [-0.25, -0.2) is 9.97 Å². The van der Waals surface area contributed by atoms with E-state index in [2.05, 4.69) is 39.7 Å².